The number of ketones is 1. The summed E-state index contributed by atoms with van der Waals surface area (Å²) in [7, 11) is 0. The van der Waals surface area contributed by atoms with Crippen LogP contribution in [0, 0.1) is 0 Å². The highest BCUT2D eigenvalue weighted by Crippen LogP contribution is 1.95. The Bertz CT molecular complexity index is 143. The minimum absolute atomic E-state index is 0.119. The molecule has 0 saturated carbocycles. The topological polar surface area (TPSA) is 17.1 Å². The average molecular weight is 124 g/mol. The molecule has 1 heteroatoms. The molecule has 1 nitrogen and oxygen atoms in total. The number of Topliss-reactive ketones (excluding diaryl/α,β-unsaturated/α-hetero) is 1. The molecular formula is C8H12O. The van der Waals surface area contributed by atoms with Crippen LogP contribution in [-0.4, -0.2) is 5.78 Å². The summed E-state index contributed by atoms with van der Waals surface area (Å²) in [6.07, 6.45) is 4.18. The lowest BCUT2D eigenvalue weighted by molar-refractivity contribution is -0.114. The van der Waals surface area contributed by atoms with Gasteiger partial charge in [0.2, 0.25) is 0 Å². The minimum atomic E-state index is 0.119. The highest BCUT2D eigenvalue weighted by molar-refractivity contribution is 5.94. The van der Waals surface area contributed by atoms with E-state index in [9.17, 15) is 4.79 Å². The van der Waals surface area contributed by atoms with E-state index >= 15 is 0 Å². The number of carbonyl (C=O) groups is 1. The third kappa shape index (κ3) is 3.71. The molecule has 0 aliphatic rings. The van der Waals surface area contributed by atoms with Gasteiger partial charge in [0.05, 0.1) is 0 Å². The molecule has 0 fully saturated rings. The van der Waals surface area contributed by atoms with Crippen molar-refractivity contribution in [1.82, 2.24) is 0 Å². The molecule has 0 amide bonds. The predicted octanol–water partition coefficient (Wildman–Crippen LogP) is 2.10. The van der Waals surface area contributed by atoms with Crippen molar-refractivity contribution in [2.24, 2.45) is 0 Å². The summed E-state index contributed by atoms with van der Waals surface area (Å²) in [5.74, 6) is 0.119. The fraction of sp³-hybridized carbons (Fsp3) is 0.375. The van der Waals surface area contributed by atoms with Crippen LogP contribution < -0.4 is 0 Å². The van der Waals surface area contributed by atoms with Crippen molar-refractivity contribution in [1.29, 1.82) is 0 Å². The van der Waals surface area contributed by atoms with Crippen molar-refractivity contribution in [3.05, 3.63) is 24.3 Å². The van der Waals surface area contributed by atoms with Crippen molar-refractivity contribution in [2.45, 2.75) is 20.3 Å². The molecule has 0 aromatic rings. The first kappa shape index (κ1) is 8.15. The van der Waals surface area contributed by atoms with Gasteiger partial charge in [-0.25, -0.2) is 0 Å². The Morgan fingerprint density at radius 3 is 2.56 bits per heavy atom. The summed E-state index contributed by atoms with van der Waals surface area (Å²) in [5, 5.41) is 0. The Hall–Kier alpha value is -0.850. The fourth-order valence-electron chi connectivity index (χ4n) is 0.399. The van der Waals surface area contributed by atoms with Crippen LogP contribution in [0.4, 0.5) is 0 Å². The van der Waals surface area contributed by atoms with Crippen LogP contribution in [0.25, 0.3) is 0 Å². The third-order valence-corrected chi connectivity index (χ3v) is 1.01. The van der Waals surface area contributed by atoms with Crippen molar-refractivity contribution in [2.75, 3.05) is 0 Å². The van der Waals surface area contributed by atoms with Crippen molar-refractivity contribution in [3.63, 3.8) is 0 Å². The van der Waals surface area contributed by atoms with Crippen molar-refractivity contribution in [3.8, 4) is 0 Å². The number of allylic oxidation sites excluding steroid dienone is 3. The molecule has 9 heavy (non-hydrogen) atoms. The second kappa shape index (κ2) is 4.07. The van der Waals surface area contributed by atoms with Gasteiger partial charge in [-0.3, -0.25) is 4.79 Å². The molecule has 0 radical (unpaired) electrons. The Balaban J connectivity index is 3.65. The molecule has 0 aliphatic heterocycles. The molecule has 0 aromatic heterocycles. The monoisotopic (exact) mass is 124 g/mol. The molecule has 0 aliphatic carbocycles. The van der Waals surface area contributed by atoms with Crippen LogP contribution >= 0.6 is 0 Å². The maximum atomic E-state index is 10.8. The standard InChI is InChI=1S/C8H12O/c1-4-5-6-8(9)7(2)3/h4-5H,2,6H2,1,3H3. The summed E-state index contributed by atoms with van der Waals surface area (Å²) in [5.41, 5.74) is 0.633. The van der Waals surface area contributed by atoms with Gasteiger partial charge in [-0.15, -0.1) is 0 Å². The fourth-order valence-corrected chi connectivity index (χ4v) is 0.399. The summed E-state index contributed by atoms with van der Waals surface area (Å²) in [6, 6.07) is 0. The van der Waals surface area contributed by atoms with Crippen LogP contribution in [0.2, 0.25) is 0 Å². The Morgan fingerprint density at radius 2 is 2.22 bits per heavy atom. The number of rotatable bonds is 3. The molecular weight excluding hydrogens is 112 g/mol. The maximum absolute atomic E-state index is 10.8. The lowest BCUT2D eigenvalue weighted by Gasteiger charge is -1.90. The summed E-state index contributed by atoms with van der Waals surface area (Å²) in [6.45, 7) is 7.15. The van der Waals surface area contributed by atoms with E-state index < -0.39 is 0 Å². The second-order valence-corrected chi connectivity index (χ2v) is 1.98. The summed E-state index contributed by atoms with van der Waals surface area (Å²) in [4.78, 5) is 10.8. The molecule has 0 saturated heterocycles. The van der Waals surface area contributed by atoms with Crippen LogP contribution in [-0.2, 0) is 4.79 Å². The smallest absolute Gasteiger partial charge is 0.161 e. The quantitative estimate of drug-likeness (QED) is 0.416. The average Bonchev–Trinajstić information content (AvgIpc) is 1.82. The second-order valence-electron chi connectivity index (χ2n) is 1.98. The molecule has 0 unspecified atom stereocenters. The first-order valence-electron chi connectivity index (χ1n) is 2.98. The van der Waals surface area contributed by atoms with Gasteiger partial charge in [0, 0.05) is 6.42 Å². The van der Waals surface area contributed by atoms with E-state index in [4.69, 9.17) is 0 Å². The molecule has 0 aromatic carbocycles. The number of carbonyl (C=O) groups excluding carboxylic acids is 1. The van der Waals surface area contributed by atoms with Crippen LogP contribution in [0.1, 0.15) is 20.3 Å². The van der Waals surface area contributed by atoms with E-state index in [2.05, 4.69) is 6.58 Å². The van der Waals surface area contributed by atoms with Gasteiger partial charge < -0.3 is 0 Å². The summed E-state index contributed by atoms with van der Waals surface area (Å²) >= 11 is 0. The van der Waals surface area contributed by atoms with E-state index in [0.29, 0.717) is 12.0 Å². The Morgan fingerprint density at radius 1 is 1.67 bits per heavy atom. The van der Waals surface area contributed by atoms with Crippen LogP contribution in [0.15, 0.2) is 24.3 Å². The van der Waals surface area contributed by atoms with E-state index in [-0.39, 0.29) is 5.78 Å². The first-order chi connectivity index (χ1) is 4.18. The van der Waals surface area contributed by atoms with Crippen molar-refractivity contribution >= 4 is 5.78 Å². The molecule has 0 heterocycles. The van der Waals surface area contributed by atoms with Gasteiger partial charge in [-0.05, 0) is 19.4 Å². The van der Waals surface area contributed by atoms with Gasteiger partial charge >= 0.3 is 0 Å². The first-order valence-corrected chi connectivity index (χ1v) is 2.98. The lowest BCUT2D eigenvalue weighted by Crippen LogP contribution is -1.94. The molecule has 0 bridgehead atoms. The largest absolute Gasteiger partial charge is 0.294 e. The zero-order valence-corrected chi connectivity index (χ0v) is 5.98. The number of hydrogen-bond acceptors (Lipinski definition) is 1. The molecule has 50 valence electrons. The van der Waals surface area contributed by atoms with Gasteiger partial charge in [0.25, 0.3) is 0 Å². The van der Waals surface area contributed by atoms with E-state index in [1.165, 1.54) is 0 Å². The van der Waals surface area contributed by atoms with Gasteiger partial charge in [0.15, 0.2) is 5.78 Å². The Labute approximate surface area is 56.1 Å². The highest BCUT2D eigenvalue weighted by Gasteiger charge is 1.96. The van der Waals surface area contributed by atoms with E-state index in [1.807, 2.05) is 19.1 Å². The Kier molecular flexibility index (Phi) is 3.69. The zero-order chi connectivity index (χ0) is 7.28. The van der Waals surface area contributed by atoms with Crippen molar-refractivity contribution < 1.29 is 4.79 Å². The van der Waals surface area contributed by atoms with E-state index in [0.717, 1.165) is 0 Å². The molecule has 0 N–H and O–H groups in total. The molecule has 0 spiro atoms. The van der Waals surface area contributed by atoms with Gasteiger partial charge in [-0.2, -0.15) is 0 Å². The molecule has 0 atom stereocenters. The number of hydrogen-bond donors (Lipinski definition) is 0. The maximum Gasteiger partial charge on any atom is 0.161 e. The third-order valence-electron chi connectivity index (χ3n) is 1.01. The van der Waals surface area contributed by atoms with Gasteiger partial charge in [-0.1, -0.05) is 18.7 Å². The SMILES string of the molecule is C=C(C)C(=O)CC=CC. The van der Waals surface area contributed by atoms with Gasteiger partial charge in [0.1, 0.15) is 0 Å². The minimum Gasteiger partial charge on any atom is -0.294 e. The highest BCUT2D eigenvalue weighted by atomic mass is 16.1. The summed E-state index contributed by atoms with van der Waals surface area (Å²) < 4.78 is 0. The van der Waals surface area contributed by atoms with E-state index in [1.54, 1.807) is 6.92 Å². The normalized spacial score (nSPS) is 10.0. The van der Waals surface area contributed by atoms with Crippen LogP contribution in [0.3, 0.4) is 0 Å². The zero-order valence-electron chi connectivity index (χ0n) is 5.98. The lowest BCUT2D eigenvalue weighted by atomic mass is 10.1. The van der Waals surface area contributed by atoms with Crippen LogP contribution in [0.5, 0.6) is 0 Å². The molecule has 0 rings (SSSR count). The predicted molar refractivity (Wildman–Crippen MR) is 39.3 cm³/mol.